The van der Waals surface area contributed by atoms with Gasteiger partial charge in [-0.1, -0.05) is 30.4 Å². The zero-order valence-electron chi connectivity index (χ0n) is 16.2. The summed E-state index contributed by atoms with van der Waals surface area (Å²) in [7, 11) is 1.71. The first-order chi connectivity index (χ1) is 13.8. The smallest absolute Gasteiger partial charge is 0.126 e. The van der Waals surface area contributed by atoms with Crippen LogP contribution in [0.2, 0.25) is 0 Å². The van der Waals surface area contributed by atoms with Crippen LogP contribution in [0, 0.1) is 0 Å². The zero-order valence-corrected chi connectivity index (χ0v) is 16.2. The van der Waals surface area contributed by atoms with Crippen molar-refractivity contribution in [2.24, 2.45) is 0 Å². The molecule has 28 heavy (non-hydrogen) atoms. The minimum absolute atomic E-state index is 0.559. The highest BCUT2D eigenvalue weighted by Crippen LogP contribution is 2.29. The van der Waals surface area contributed by atoms with Gasteiger partial charge in [-0.15, -0.1) is 0 Å². The monoisotopic (exact) mass is 371 g/mol. The molecular weight excluding hydrogens is 346 g/mol. The number of nitrogens with zero attached hydrogens (tertiary/aromatic N) is 3. The van der Waals surface area contributed by atoms with E-state index in [0.29, 0.717) is 5.92 Å². The number of rotatable bonds is 6. The third kappa shape index (κ3) is 4.29. The molecule has 0 amide bonds. The maximum Gasteiger partial charge on any atom is 0.126 e. The molecule has 0 aliphatic carbocycles. The lowest BCUT2D eigenvalue weighted by Crippen LogP contribution is -2.20. The van der Waals surface area contributed by atoms with Crippen LogP contribution >= 0.6 is 0 Å². The summed E-state index contributed by atoms with van der Waals surface area (Å²) in [6.07, 6.45) is 11.1. The summed E-state index contributed by atoms with van der Waals surface area (Å²) >= 11 is 0. The molecule has 4 rings (SSSR count). The second-order valence-electron chi connectivity index (χ2n) is 7.10. The molecule has 1 fully saturated rings. The Morgan fingerprint density at radius 2 is 1.96 bits per heavy atom. The molecule has 0 saturated carbocycles. The first kappa shape index (κ1) is 18.4. The van der Waals surface area contributed by atoms with Gasteiger partial charge in [0.1, 0.15) is 5.75 Å². The van der Waals surface area contributed by atoms with Crippen molar-refractivity contribution in [1.82, 2.24) is 14.9 Å². The third-order valence-corrected chi connectivity index (χ3v) is 5.30. The quantitative estimate of drug-likeness (QED) is 0.632. The summed E-state index contributed by atoms with van der Waals surface area (Å²) in [6, 6.07) is 16.5. The van der Waals surface area contributed by atoms with E-state index in [2.05, 4.69) is 45.2 Å². The van der Waals surface area contributed by atoms with Crippen LogP contribution in [-0.2, 0) is 0 Å². The van der Waals surface area contributed by atoms with E-state index in [1.54, 1.807) is 7.11 Å². The van der Waals surface area contributed by atoms with Crippen LogP contribution in [0.3, 0.4) is 0 Å². The Labute approximate surface area is 166 Å². The van der Waals surface area contributed by atoms with Crippen LogP contribution in [0.1, 0.15) is 23.5 Å². The van der Waals surface area contributed by atoms with Gasteiger partial charge in [0.05, 0.1) is 12.8 Å². The number of hydrogen-bond donors (Lipinski definition) is 0. The standard InChI is InChI=1S/C24H25N3O/c1-28-24-7-3-2-5-20(24)6-4-15-27-16-11-22(18-27)21-10-14-26-23(17-21)19-8-12-25-13-9-19/h2-10,12-14,17,22H,11,15-16,18H2,1H3/b6-4+. The predicted octanol–water partition coefficient (Wildman–Crippen LogP) is 4.65. The number of likely N-dealkylation sites (tertiary alicyclic amines) is 1. The van der Waals surface area contributed by atoms with Gasteiger partial charge in [-0.2, -0.15) is 0 Å². The summed E-state index contributed by atoms with van der Waals surface area (Å²) < 4.78 is 5.42. The van der Waals surface area contributed by atoms with Crippen molar-refractivity contribution in [2.75, 3.05) is 26.7 Å². The van der Waals surface area contributed by atoms with Gasteiger partial charge in [0.15, 0.2) is 0 Å². The van der Waals surface area contributed by atoms with Gasteiger partial charge in [0, 0.05) is 42.8 Å². The van der Waals surface area contributed by atoms with Gasteiger partial charge in [-0.25, -0.2) is 0 Å². The molecule has 0 bridgehead atoms. The molecule has 4 heteroatoms. The van der Waals surface area contributed by atoms with E-state index in [9.17, 15) is 0 Å². The Morgan fingerprint density at radius 3 is 2.82 bits per heavy atom. The second-order valence-corrected chi connectivity index (χ2v) is 7.10. The first-order valence-corrected chi connectivity index (χ1v) is 9.72. The maximum absolute atomic E-state index is 5.42. The molecule has 1 aliphatic heterocycles. The predicted molar refractivity (Wildman–Crippen MR) is 113 cm³/mol. The largest absolute Gasteiger partial charge is 0.496 e. The summed E-state index contributed by atoms with van der Waals surface area (Å²) in [5, 5.41) is 0. The first-order valence-electron chi connectivity index (χ1n) is 9.72. The highest BCUT2D eigenvalue weighted by molar-refractivity contribution is 5.59. The van der Waals surface area contributed by atoms with E-state index >= 15 is 0 Å². The fourth-order valence-electron chi connectivity index (χ4n) is 3.78. The second kappa shape index (κ2) is 8.81. The summed E-state index contributed by atoms with van der Waals surface area (Å²) in [5.41, 5.74) is 4.63. The highest BCUT2D eigenvalue weighted by atomic mass is 16.5. The molecule has 0 N–H and O–H groups in total. The molecule has 1 unspecified atom stereocenters. The van der Waals surface area contributed by atoms with E-state index < -0.39 is 0 Å². The topological polar surface area (TPSA) is 38.2 Å². The third-order valence-electron chi connectivity index (χ3n) is 5.30. The Hall–Kier alpha value is -2.98. The SMILES string of the molecule is COc1ccccc1/C=C/CN1CCC(c2ccnc(-c3ccncc3)c2)C1. The lowest BCUT2D eigenvalue weighted by atomic mass is 9.98. The number of aromatic nitrogens is 2. The van der Waals surface area contributed by atoms with Crippen LogP contribution in [0.15, 0.2) is 73.2 Å². The molecule has 2 aromatic heterocycles. The summed E-state index contributed by atoms with van der Waals surface area (Å²) in [5.74, 6) is 1.47. The van der Waals surface area contributed by atoms with Gasteiger partial charge in [0.25, 0.3) is 0 Å². The lowest BCUT2D eigenvalue weighted by molar-refractivity contribution is 0.372. The molecule has 1 aliphatic rings. The minimum Gasteiger partial charge on any atom is -0.496 e. The fraction of sp³-hybridized carbons (Fsp3) is 0.250. The van der Waals surface area contributed by atoms with Crippen LogP contribution in [-0.4, -0.2) is 41.6 Å². The van der Waals surface area contributed by atoms with E-state index in [1.165, 1.54) is 12.0 Å². The fourth-order valence-corrected chi connectivity index (χ4v) is 3.78. The molecule has 4 nitrogen and oxygen atoms in total. The van der Waals surface area contributed by atoms with Crippen molar-refractivity contribution in [3.63, 3.8) is 0 Å². The molecule has 0 radical (unpaired) electrons. The zero-order chi connectivity index (χ0) is 19.2. The Balaban J connectivity index is 1.39. The summed E-state index contributed by atoms with van der Waals surface area (Å²) in [6.45, 7) is 3.15. The number of methoxy groups -OCH3 is 1. The highest BCUT2D eigenvalue weighted by Gasteiger charge is 2.23. The molecule has 3 aromatic rings. The average Bonchev–Trinajstić information content (AvgIpc) is 3.24. The minimum atomic E-state index is 0.559. The molecular formula is C24H25N3O. The van der Waals surface area contributed by atoms with Crippen LogP contribution < -0.4 is 4.74 Å². The van der Waals surface area contributed by atoms with Gasteiger partial charge < -0.3 is 4.74 Å². The summed E-state index contributed by atoms with van der Waals surface area (Å²) in [4.78, 5) is 11.1. The molecule has 1 atom stereocenters. The molecule has 142 valence electrons. The Morgan fingerprint density at radius 1 is 1.11 bits per heavy atom. The van der Waals surface area contributed by atoms with Crippen LogP contribution in [0.4, 0.5) is 0 Å². The van der Waals surface area contributed by atoms with Crippen molar-refractivity contribution >= 4 is 6.08 Å². The van der Waals surface area contributed by atoms with Crippen molar-refractivity contribution in [3.8, 4) is 17.0 Å². The Bertz CT molecular complexity index is 939. The number of para-hydroxylation sites is 1. The van der Waals surface area contributed by atoms with E-state index in [0.717, 1.165) is 42.2 Å². The number of hydrogen-bond acceptors (Lipinski definition) is 4. The van der Waals surface area contributed by atoms with Crippen molar-refractivity contribution in [2.45, 2.75) is 12.3 Å². The molecule has 3 heterocycles. The molecule has 0 spiro atoms. The normalized spacial score (nSPS) is 17.2. The number of benzene rings is 1. The van der Waals surface area contributed by atoms with Gasteiger partial charge in [-0.3, -0.25) is 14.9 Å². The van der Waals surface area contributed by atoms with E-state index in [1.807, 2.05) is 48.9 Å². The van der Waals surface area contributed by atoms with Crippen molar-refractivity contribution < 1.29 is 4.74 Å². The van der Waals surface area contributed by atoms with Gasteiger partial charge >= 0.3 is 0 Å². The molecule has 1 saturated heterocycles. The number of pyridine rings is 2. The lowest BCUT2D eigenvalue weighted by Gasteiger charge is -2.14. The average molecular weight is 371 g/mol. The van der Waals surface area contributed by atoms with Gasteiger partial charge in [-0.05, 0) is 54.8 Å². The Kier molecular flexibility index (Phi) is 5.78. The molecule has 1 aromatic carbocycles. The van der Waals surface area contributed by atoms with E-state index in [4.69, 9.17) is 4.74 Å². The van der Waals surface area contributed by atoms with Crippen LogP contribution in [0.5, 0.6) is 5.75 Å². The van der Waals surface area contributed by atoms with Gasteiger partial charge in [0.2, 0.25) is 0 Å². The van der Waals surface area contributed by atoms with E-state index in [-0.39, 0.29) is 0 Å². The van der Waals surface area contributed by atoms with Crippen LogP contribution in [0.25, 0.3) is 17.3 Å². The maximum atomic E-state index is 5.42. The van der Waals surface area contributed by atoms with Crippen molar-refractivity contribution in [1.29, 1.82) is 0 Å². The van der Waals surface area contributed by atoms with Crippen molar-refractivity contribution in [3.05, 3.63) is 84.3 Å². The number of ether oxygens (including phenoxy) is 1.